The summed E-state index contributed by atoms with van der Waals surface area (Å²) in [5.74, 6) is 0. The standard InChI is InChI=1S/C7H12N2S/c1-6-4-7(2)9(10-3)5-8-6/h4-5,7H,1-3H3. The average Bonchev–Trinajstić information content (AvgIpc) is 1.88. The highest BCUT2D eigenvalue weighted by molar-refractivity contribution is 7.96. The predicted octanol–water partition coefficient (Wildman–Crippen LogP) is 1.90. The minimum atomic E-state index is 0.479. The van der Waals surface area contributed by atoms with Crippen LogP contribution in [-0.4, -0.2) is 22.9 Å². The van der Waals surface area contributed by atoms with Gasteiger partial charge in [-0.25, -0.2) is 4.99 Å². The molecular weight excluding hydrogens is 144 g/mol. The van der Waals surface area contributed by atoms with Crippen molar-refractivity contribution in [2.75, 3.05) is 6.26 Å². The molecule has 0 fully saturated rings. The Morgan fingerprint density at radius 2 is 2.40 bits per heavy atom. The van der Waals surface area contributed by atoms with E-state index in [1.54, 1.807) is 11.9 Å². The van der Waals surface area contributed by atoms with Crippen LogP contribution < -0.4 is 0 Å². The van der Waals surface area contributed by atoms with E-state index in [9.17, 15) is 0 Å². The first kappa shape index (κ1) is 7.66. The lowest BCUT2D eigenvalue weighted by molar-refractivity contribution is 0.601. The van der Waals surface area contributed by atoms with Crippen molar-refractivity contribution in [3.8, 4) is 0 Å². The van der Waals surface area contributed by atoms with Gasteiger partial charge in [0.1, 0.15) is 6.34 Å². The van der Waals surface area contributed by atoms with Crippen molar-refractivity contribution in [1.82, 2.24) is 4.31 Å². The molecule has 1 unspecified atom stereocenters. The molecule has 0 saturated heterocycles. The number of aliphatic imine (C=N–C) groups is 1. The number of allylic oxidation sites excluding steroid dienone is 1. The van der Waals surface area contributed by atoms with Crippen molar-refractivity contribution >= 4 is 18.3 Å². The Balaban J connectivity index is 2.64. The first-order chi connectivity index (χ1) is 4.74. The monoisotopic (exact) mass is 156 g/mol. The van der Waals surface area contributed by atoms with E-state index in [4.69, 9.17) is 0 Å². The Bertz CT molecular complexity index is 174. The van der Waals surface area contributed by atoms with E-state index in [-0.39, 0.29) is 0 Å². The quantitative estimate of drug-likeness (QED) is 0.539. The predicted molar refractivity (Wildman–Crippen MR) is 47.1 cm³/mol. The maximum absolute atomic E-state index is 4.17. The maximum Gasteiger partial charge on any atom is 0.101 e. The van der Waals surface area contributed by atoms with Crippen LogP contribution in [0.3, 0.4) is 0 Å². The molecule has 0 aromatic rings. The van der Waals surface area contributed by atoms with Crippen LogP contribution in [0.5, 0.6) is 0 Å². The van der Waals surface area contributed by atoms with Crippen molar-refractivity contribution in [2.24, 2.45) is 4.99 Å². The van der Waals surface area contributed by atoms with Crippen LogP contribution in [0.1, 0.15) is 13.8 Å². The summed E-state index contributed by atoms with van der Waals surface area (Å²) in [6.45, 7) is 4.18. The van der Waals surface area contributed by atoms with Crippen LogP contribution in [0.2, 0.25) is 0 Å². The van der Waals surface area contributed by atoms with Crippen LogP contribution in [0.25, 0.3) is 0 Å². The molecule has 0 N–H and O–H groups in total. The van der Waals surface area contributed by atoms with E-state index in [0.717, 1.165) is 5.70 Å². The van der Waals surface area contributed by atoms with E-state index < -0.39 is 0 Å². The molecule has 0 radical (unpaired) electrons. The molecule has 0 aromatic heterocycles. The van der Waals surface area contributed by atoms with E-state index in [2.05, 4.69) is 28.6 Å². The average molecular weight is 156 g/mol. The van der Waals surface area contributed by atoms with E-state index >= 15 is 0 Å². The van der Waals surface area contributed by atoms with Gasteiger partial charge in [-0.1, -0.05) is 11.9 Å². The van der Waals surface area contributed by atoms with Gasteiger partial charge < -0.3 is 4.31 Å². The zero-order valence-electron chi connectivity index (χ0n) is 6.53. The Labute approximate surface area is 66.1 Å². The number of hydrogen-bond donors (Lipinski definition) is 0. The lowest BCUT2D eigenvalue weighted by Crippen LogP contribution is -2.25. The Morgan fingerprint density at radius 3 is 2.90 bits per heavy atom. The van der Waals surface area contributed by atoms with Gasteiger partial charge in [0, 0.05) is 12.0 Å². The summed E-state index contributed by atoms with van der Waals surface area (Å²) in [5, 5.41) is 0. The second kappa shape index (κ2) is 3.10. The third-order valence-corrected chi connectivity index (χ3v) is 2.32. The minimum Gasteiger partial charge on any atom is -0.300 e. The smallest absolute Gasteiger partial charge is 0.101 e. The topological polar surface area (TPSA) is 15.6 Å². The molecule has 56 valence electrons. The van der Waals surface area contributed by atoms with Gasteiger partial charge >= 0.3 is 0 Å². The van der Waals surface area contributed by atoms with Gasteiger partial charge in [-0.3, -0.25) is 0 Å². The number of nitrogens with zero attached hydrogens (tertiary/aromatic N) is 2. The van der Waals surface area contributed by atoms with Gasteiger partial charge in [-0.15, -0.1) is 0 Å². The van der Waals surface area contributed by atoms with Crippen molar-refractivity contribution in [3.05, 3.63) is 11.8 Å². The van der Waals surface area contributed by atoms with Crippen molar-refractivity contribution in [2.45, 2.75) is 19.9 Å². The zero-order chi connectivity index (χ0) is 7.56. The minimum absolute atomic E-state index is 0.479. The fourth-order valence-electron chi connectivity index (χ4n) is 0.932. The third kappa shape index (κ3) is 1.53. The molecule has 1 atom stereocenters. The van der Waals surface area contributed by atoms with Crippen molar-refractivity contribution < 1.29 is 0 Å². The summed E-state index contributed by atoms with van der Waals surface area (Å²) in [6.07, 6.45) is 6.08. The lowest BCUT2D eigenvalue weighted by atomic mass is 10.2. The molecule has 10 heavy (non-hydrogen) atoms. The van der Waals surface area contributed by atoms with Crippen molar-refractivity contribution in [3.63, 3.8) is 0 Å². The normalized spacial score (nSPS) is 24.9. The first-order valence-electron chi connectivity index (χ1n) is 3.29. The first-order valence-corrected chi connectivity index (χ1v) is 4.47. The summed E-state index contributed by atoms with van der Waals surface area (Å²) in [6, 6.07) is 0.479. The molecule has 0 saturated carbocycles. The molecule has 0 bridgehead atoms. The summed E-state index contributed by atoms with van der Waals surface area (Å²) in [5.41, 5.74) is 1.11. The Morgan fingerprint density at radius 1 is 1.70 bits per heavy atom. The molecule has 0 aliphatic carbocycles. The summed E-state index contributed by atoms with van der Waals surface area (Å²) < 4.78 is 2.12. The number of hydrogen-bond acceptors (Lipinski definition) is 3. The molecule has 1 aliphatic heterocycles. The second-order valence-corrected chi connectivity index (χ2v) is 3.12. The van der Waals surface area contributed by atoms with Gasteiger partial charge in [-0.2, -0.15) is 0 Å². The van der Waals surface area contributed by atoms with Gasteiger partial charge in [-0.05, 0) is 19.9 Å². The van der Waals surface area contributed by atoms with Crippen LogP contribution in [0.15, 0.2) is 16.8 Å². The molecule has 2 nitrogen and oxygen atoms in total. The molecular formula is C7H12N2S. The highest BCUT2D eigenvalue weighted by Crippen LogP contribution is 2.15. The lowest BCUT2D eigenvalue weighted by Gasteiger charge is -2.24. The van der Waals surface area contributed by atoms with E-state index in [0.29, 0.717) is 6.04 Å². The van der Waals surface area contributed by atoms with Gasteiger partial charge in [0.15, 0.2) is 0 Å². The summed E-state index contributed by atoms with van der Waals surface area (Å²) in [4.78, 5) is 4.17. The molecule has 0 amide bonds. The van der Waals surface area contributed by atoms with Gasteiger partial charge in [0.05, 0.1) is 6.04 Å². The summed E-state index contributed by atoms with van der Waals surface area (Å²) >= 11 is 1.70. The van der Waals surface area contributed by atoms with Gasteiger partial charge in [0.2, 0.25) is 0 Å². The fraction of sp³-hybridized carbons (Fsp3) is 0.571. The maximum atomic E-state index is 4.17. The van der Waals surface area contributed by atoms with Crippen molar-refractivity contribution in [1.29, 1.82) is 0 Å². The zero-order valence-corrected chi connectivity index (χ0v) is 7.35. The van der Waals surface area contributed by atoms with E-state index in [1.165, 1.54) is 0 Å². The molecule has 0 aromatic carbocycles. The molecule has 1 heterocycles. The SMILES string of the molecule is CSN1C=NC(C)=CC1C. The highest BCUT2D eigenvalue weighted by atomic mass is 32.2. The van der Waals surface area contributed by atoms with Crippen LogP contribution in [0, 0.1) is 0 Å². The van der Waals surface area contributed by atoms with Crippen LogP contribution in [-0.2, 0) is 0 Å². The number of rotatable bonds is 1. The fourth-order valence-corrected chi connectivity index (χ4v) is 1.47. The van der Waals surface area contributed by atoms with Crippen LogP contribution >= 0.6 is 11.9 Å². The molecule has 1 aliphatic rings. The van der Waals surface area contributed by atoms with E-state index in [1.807, 2.05) is 13.3 Å². The third-order valence-electron chi connectivity index (χ3n) is 1.47. The molecule has 0 spiro atoms. The van der Waals surface area contributed by atoms with Gasteiger partial charge in [0.25, 0.3) is 0 Å². The highest BCUT2D eigenvalue weighted by Gasteiger charge is 2.09. The largest absolute Gasteiger partial charge is 0.300 e. The Hall–Kier alpha value is -0.440. The summed E-state index contributed by atoms with van der Waals surface area (Å²) in [7, 11) is 0. The molecule has 3 heteroatoms. The Kier molecular flexibility index (Phi) is 2.38. The second-order valence-electron chi connectivity index (χ2n) is 2.34. The van der Waals surface area contributed by atoms with Crippen LogP contribution in [0.4, 0.5) is 0 Å². The molecule has 1 rings (SSSR count).